The van der Waals surface area contributed by atoms with E-state index in [0.29, 0.717) is 30.1 Å². The summed E-state index contributed by atoms with van der Waals surface area (Å²) in [5.41, 5.74) is 8.37. The Morgan fingerprint density at radius 2 is 1.87 bits per heavy atom. The zero-order valence-corrected chi connectivity index (χ0v) is 19.5. The molecule has 2 saturated heterocycles. The van der Waals surface area contributed by atoms with E-state index in [1.54, 1.807) is 0 Å². The van der Waals surface area contributed by atoms with Gasteiger partial charge < -0.3 is 11.1 Å². The summed E-state index contributed by atoms with van der Waals surface area (Å²) >= 11 is 1.51. The Hall–Kier alpha value is -1.22. The predicted octanol–water partition coefficient (Wildman–Crippen LogP) is 3.20. The van der Waals surface area contributed by atoms with Crippen LogP contribution in [0.4, 0.5) is 5.13 Å². The maximum absolute atomic E-state index is 12.5. The number of thiazole rings is 1. The molecule has 9 heteroatoms. The zero-order valence-electron chi connectivity index (χ0n) is 17.0. The molecule has 0 radical (unpaired) electrons. The van der Waals surface area contributed by atoms with Crippen molar-refractivity contribution in [3.63, 3.8) is 0 Å². The van der Waals surface area contributed by atoms with Gasteiger partial charge in [-0.25, -0.2) is 4.98 Å². The van der Waals surface area contributed by atoms with Gasteiger partial charge in [0.1, 0.15) is 0 Å². The molecule has 30 heavy (non-hydrogen) atoms. The summed E-state index contributed by atoms with van der Waals surface area (Å²) in [4.78, 5) is 21.8. The van der Waals surface area contributed by atoms with Gasteiger partial charge in [0.15, 0.2) is 5.13 Å². The fourth-order valence-corrected chi connectivity index (χ4v) is 5.09. The average Bonchev–Trinajstić information content (AvgIpc) is 3.44. The number of hydrogen-bond acceptors (Lipinski definition) is 6. The van der Waals surface area contributed by atoms with E-state index in [1.807, 2.05) is 6.07 Å². The first-order chi connectivity index (χ1) is 13.7. The molecule has 0 spiro atoms. The van der Waals surface area contributed by atoms with E-state index in [2.05, 4.69) is 49.7 Å². The third-order valence-electron chi connectivity index (χ3n) is 5.80. The van der Waals surface area contributed by atoms with E-state index in [1.165, 1.54) is 29.7 Å². The lowest BCUT2D eigenvalue weighted by atomic mass is 9.89. The van der Waals surface area contributed by atoms with E-state index >= 15 is 0 Å². The van der Waals surface area contributed by atoms with Crippen LogP contribution in [0.25, 0.3) is 0 Å². The summed E-state index contributed by atoms with van der Waals surface area (Å²) in [6.45, 7) is 5.96. The number of nitrogens with one attached hydrogen (secondary N) is 1. The van der Waals surface area contributed by atoms with Gasteiger partial charge >= 0.3 is 0 Å². The summed E-state index contributed by atoms with van der Waals surface area (Å²) in [7, 11) is 0. The van der Waals surface area contributed by atoms with Crippen molar-refractivity contribution in [3.8, 4) is 0 Å². The number of anilines is 1. The third-order valence-corrected chi connectivity index (χ3v) is 6.60. The number of benzene rings is 1. The highest BCUT2D eigenvalue weighted by molar-refractivity contribution is 7.13. The van der Waals surface area contributed by atoms with Crippen molar-refractivity contribution in [1.82, 2.24) is 14.8 Å². The maximum atomic E-state index is 12.5. The zero-order chi connectivity index (χ0) is 19.3. The van der Waals surface area contributed by atoms with E-state index in [0.717, 1.165) is 38.4 Å². The van der Waals surface area contributed by atoms with Gasteiger partial charge in [0.25, 0.3) is 0 Å². The second-order valence-electron chi connectivity index (χ2n) is 7.88. The van der Waals surface area contributed by atoms with Crippen LogP contribution in [0.5, 0.6) is 0 Å². The van der Waals surface area contributed by atoms with Crippen LogP contribution in [0, 0.1) is 5.92 Å². The minimum Gasteiger partial charge on any atom is -0.330 e. The Bertz CT molecular complexity index is 785. The van der Waals surface area contributed by atoms with Gasteiger partial charge in [0, 0.05) is 30.9 Å². The van der Waals surface area contributed by atoms with Gasteiger partial charge in [-0.3, -0.25) is 14.6 Å². The van der Waals surface area contributed by atoms with E-state index in [4.69, 9.17) is 5.73 Å². The molecule has 2 aliphatic rings. The number of hydrogen-bond donors (Lipinski definition) is 2. The normalized spacial score (nSPS) is 21.8. The van der Waals surface area contributed by atoms with Gasteiger partial charge in [-0.15, -0.1) is 36.2 Å². The molecule has 2 fully saturated rings. The number of carbonyl (C=O) groups excluding carboxylic acids is 1. The third kappa shape index (κ3) is 6.39. The smallest absolute Gasteiger partial charge is 0.240 e. The highest BCUT2D eigenvalue weighted by atomic mass is 35.5. The molecule has 2 atom stereocenters. The summed E-state index contributed by atoms with van der Waals surface area (Å²) in [5, 5.41) is 5.74. The monoisotopic (exact) mass is 471 g/mol. The molecule has 2 aliphatic heterocycles. The standard InChI is InChI=1S/C21H29N5OS.2ClH/c22-10-17-11-26(13-19(17)16-6-2-1-3-7-16)14-20(27)24-21-23-18(15-28-21)12-25-8-4-5-9-25;;/h1-3,6-7,15,17,19H,4-5,8-14,22H2,(H,23,24,27);2*1H/t17-,19+;;/m1../s1. The van der Waals surface area contributed by atoms with Crippen LogP contribution < -0.4 is 11.1 Å². The molecule has 1 aromatic carbocycles. The first kappa shape index (κ1) is 25.0. The van der Waals surface area contributed by atoms with Crippen LogP contribution in [-0.4, -0.2) is 60.0 Å². The molecule has 0 unspecified atom stereocenters. The number of amides is 1. The van der Waals surface area contributed by atoms with Crippen molar-refractivity contribution in [3.05, 3.63) is 47.0 Å². The molecule has 2 aromatic rings. The lowest BCUT2D eigenvalue weighted by Crippen LogP contribution is -2.32. The second-order valence-corrected chi connectivity index (χ2v) is 8.74. The van der Waals surface area contributed by atoms with E-state index in [-0.39, 0.29) is 30.7 Å². The highest BCUT2D eigenvalue weighted by Gasteiger charge is 2.33. The molecule has 3 N–H and O–H groups in total. The molecule has 6 nitrogen and oxygen atoms in total. The number of nitrogens with zero attached hydrogens (tertiary/aromatic N) is 3. The Balaban J connectivity index is 0.00000160. The van der Waals surface area contributed by atoms with E-state index < -0.39 is 0 Å². The summed E-state index contributed by atoms with van der Waals surface area (Å²) in [6.07, 6.45) is 2.55. The molecule has 1 amide bonds. The van der Waals surface area contributed by atoms with Crippen LogP contribution in [0.15, 0.2) is 35.7 Å². The number of carbonyl (C=O) groups is 1. The minimum absolute atomic E-state index is 0. The van der Waals surface area contributed by atoms with Gasteiger partial charge in [-0.2, -0.15) is 0 Å². The fraction of sp³-hybridized carbons (Fsp3) is 0.524. The lowest BCUT2D eigenvalue weighted by Gasteiger charge is -2.16. The molecule has 166 valence electrons. The quantitative estimate of drug-likeness (QED) is 0.648. The number of halogens is 2. The molecule has 0 saturated carbocycles. The minimum atomic E-state index is 0. The largest absolute Gasteiger partial charge is 0.330 e. The Morgan fingerprint density at radius 1 is 1.13 bits per heavy atom. The molecule has 0 aliphatic carbocycles. The predicted molar refractivity (Wildman–Crippen MR) is 128 cm³/mol. The van der Waals surface area contributed by atoms with Crippen LogP contribution in [0.2, 0.25) is 0 Å². The molecule has 0 bridgehead atoms. The van der Waals surface area contributed by atoms with Crippen molar-refractivity contribution in [2.45, 2.75) is 25.3 Å². The van der Waals surface area contributed by atoms with Crippen molar-refractivity contribution in [1.29, 1.82) is 0 Å². The van der Waals surface area contributed by atoms with Gasteiger partial charge in [0.2, 0.25) is 5.91 Å². The molecular formula is C21H31Cl2N5OS. The SMILES string of the molecule is Cl.Cl.NC[C@@H]1CN(CC(=O)Nc2nc(CN3CCCC3)cs2)C[C@H]1c1ccccc1. The average molecular weight is 472 g/mol. The second kappa shape index (κ2) is 12.0. The molecule has 4 rings (SSSR count). The van der Waals surface area contributed by atoms with Crippen molar-refractivity contribution < 1.29 is 4.79 Å². The van der Waals surface area contributed by atoms with Crippen LogP contribution >= 0.6 is 36.2 Å². The van der Waals surface area contributed by atoms with Crippen molar-refractivity contribution in [2.24, 2.45) is 11.7 Å². The Kier molecular flexibility index (Phi) is 10.0. The number of aromatic nitrogens is 1. The van der Waals surface area contributed by atoms with E-state index in [9.17, 15) is 4.79 Å². The first-order valence-corrected chi connectivity index (χ1v) is 11.0. The highest BCUT2D eigenvalue weighted by Crippen LogP contribution is 2.31. The molecular weight excluding hydrogens is 441 g/mol. The van der Waals surface area contributed by atoms with Gasteiger partial charge in [-0.05, 0) is 44.0 Å². The Labute approximate surface area is 195 Å². The van der Waals surface area contributed by atoms with Crippen molar-refractivity contribution >= 4 is 47.2 Å². The lowest BCUT2D eigenvalue weighted by molar-refractivity contribution is -0.117. The molecule has 3 heterocycles. The Morgan fingerprint density at radius 3 is 2.57 bits per heavy atom. The summed E-state index contributed by atoms with van der Waals surface area (Å²) < 4.78 is 0. The van der Waals surface area contributed by atoms with Crippen molar-refractivity contribution in [2.75, 3.05) is 44.6 Å². The number of rotatable bonds is 7. The summed E-state index contributed by atoms with van der Waals surface area (Å²) in [6, 6.07) is 10.5. The topological polar surface area (TPSA) is 74.5 Å². The van der Waals surface area contributed by atoms with Crippen LogP contribution in [0.1, 0.15) is 30.0 Å². The summed E-state index contributed by atoms with van der Waals surface area (Å²) in [5.74, 6) is 0.791. The maximum Gasteiger partial charge on any atom is 0.240 e. The number of nitrogens with two attached hydrogens (primary N) is 1. The van der Waals surface area contributed by atoms with Gasteiger partial charge in [-0.1, -0.05) is 30.3 Å². The van der Waals surface area contributed by atoms with Gasteiger partial charge in [0.05, 0.1) is 12.2 Å². The van der Waals surface area contributed by atoms with Crippen LogP contribution in [-0.2, 0) is 11.3 Å². The fourth-order valence-electron chi connectivity index (χ4n) is 4.38. The molecule has 1 aromatic heterocycles. The number of likely N-dealkylation sites (tertiary alicyclic amines) is 2. The first-order valence-electron chi connectivity index (χ1n) is 10.1. The van der Waals surface area contributed by atoms with Crippen LogP contribution in [0.3, 0.4) is 0 Å².